The van der Waals surface area contributed by atoms with Crippen LogP contribution in [0.1, 0.15) is 6.42 Å². The second-order valence-electron chi connectivity index (χ2n) is 6.78. The van der Waals surface area contributed by atoms with E-state index in [1.807, 2.05) is 25.2 Å². The van der Waals surface area contributed by atoms with Crippen molar-refractivity contribution >= 4 is 17.6 Å². The van der Waals surface area contributed by atoms with Gasteiger partial charge in [0, 0.05) is 47.0 Å². The lowest BCUT2D eigenvalue weighted by Gasteiger charge is -2.46. The summed E-state index contributed by atoms with van der Waals surface area (Å²) < 4.78 is 1.70. The second-order valence-corrected chi connectivity index (χ2v) is 6.78. The van der Waals surface area contributed by atoms with Gasteiger partial charge in [-0.1, -0.05) is 0 Å². The van der Waals surface area contributed by atoms with Gasteiger partial charge in [0.2, 0.25) is 5.91 Å². The fourth-order valence-corrected chi connectivity index (χ4v) is 3.49. The van der Waals surface area contributed by atoms with E-state index in [4.69, 9.17) is 0 Å². The Labute approximate surface area is 136 Å². The van der Waals surface area contributed by atoms with Gasteiger partial charge in [-0.15, -0.1) is 0 Å². The van der Waals surface area contributed by atoms with E-state index in [-0.39, 0.29) is 17.5 Å². The van der Waals surface area contributed by atoms with Gasteiger partial charge in [-0.3, -0.25) is 14.4 Å². The molecule has 0 radical (unpaired) electrons. The Morgan fingerprint density at radius 2 is 2.04 bits per heavy atom. The normalized spacial score (nSPS) is 25.5. The summed E-state index contributed by atoms with van der Waals surface area (Å²) in [6, 6.07) is 0.0279. The van der Waals surface area contributed by atoms with Gasteiger partial charge in [0.05, 0.1) is 24.0 Å². The third-order valence-corrected chi connectivity index (χ3v) is 4.92. The van der Waals surface area contributed by atoms with E-state index in [1.54, 1.807) is 34.8 Å². The summed E-state index contributed by atoms with van der Waals surface area (Å²) in [6.45, 7) is 2.31. The molecular formula is C15H24N6O2. The van der Waals surface area contributed by atoms with Crippen LogP contribution in [0.25, 0.3) is 0 Å². The number of urea groups is 1. The zero-order valence-electron chi connectivity index (χ0n) is 14.2. The minimum Gasteiger partial charge on any atom is -0.331 e. The first kappa shape index (κ1) is 15.8. The van der Waals surface area contributed by atoms with Gasteiger partial charge >= 0.3 is 6.03 Å². The number of anilines is 1. The fraction of sp³-hybridized carbons (Fsp3) is 0.667. The van der Waals surface area contributed by atoms with Gasteiger partial charge in [-0.2, -0.15) is 5.10 Å². The fourth-order valence-electron chi connectivity index (χ4n) is 3.49. The van der Waals surface area contributed by atoms with Crippen molar-refractivity contribution in [3.05, 3.63) is 12.4 Å². The van der Waals surface area contributed by atoms with Crippen LogP contribution in [0.2, 0.25) is 0 Å². The molecule has 2 saturated heterocycles. The van der Waals surface area contributed by atoms with Crippen molar-refractivity contribution in [2.24, 2.45) is 7.05 Å². The molecule has 3 heterocycles. The van der Waals surface area contributed by atoms with Crippen molar-refractivity contribution in [2.45, 2.75) is 12.0 Å². The summed E-state index contributed by atoms with van der Waals surface area (Å²) in [5, 5.41) is 4.16. The van der Waals surface area contributed by atoms with E-state index >= 15 is 0 Å². The number of likely N-dealkylation sites (tertiary alicyclic amines) is 1. The number of amides is 3. The number of likely N-dealkylation sites (N-methyl/N-ethyl adjacent to an activating group) is 1. The molecule has 8 nitrogen and oxygen atoms in total. The van der Waals surface area contributed by atoms with Crippen LogP contribution in [-0.2, 0) is 11.8 Å². The van der Waals surface area contributed by atoms with Crippen molar-refractivity contribution in [1.29, 1.82) is 0 Å². The molecule has 2 aliphatic rings. The lowest BCUT2D eigenvalue weighted by atomic mass is 9.93. The SMILES string of the molecule is CN(C)C(=O)N1CCC2(C1)CN(c1cnn(C)c1)C(=O)CN2C. The number of aryl methyl sites for hydroxylation is 1. The first-order chi connectivity index (χ1) is 10.8. The van der Waals surface area contributed by atoms with Crippen molar-refractivity contribution in [2.75, 3.05) is 52.2 Å². The maximum absolute atomic E-state index is 12.4. The lowest BCUT2D eigenvalue weighted by molar-refractivity contribution is -0.123. The van der Waals surface area contributed by atoms with E-state index in [2.05, 4.69) is 10.00 Å². The molecule has 2 fully saturated rings. The number of hydrogen-bond donors (Lipinski definition) is 0. The third kappa shape index (κ3) is 2.67. The van der Waals surface area contributed by atoms with Gasteiger partial charge in [-0.25, -0.2) is 4.79 Å². The van der Waals surface area contributed by atoms with Crippen molar-refractivity contribution in [3.8, 4) is 0 Å². The predicted molar refractivity (Wildman–Crippen MR) is 86.2 cm³/mol. The van der Waals surface area contributed by atoms with E-state index in [9.17, 15) is 9.59 Å². The minimum atomic E-state index is -0.185. The van der Waals surface area contributed by atoms with Gasteiger partial charge in [0.25, 0.3) is 0 Å². The maximum Gasteiger partial charge on any atom is 0.319 e. The molecule has 1 unspecified atom stereocenters. The van der Waals surface area contributed by atoms with Crippen LogP contribution in [0, 0.1) is 0 Å². The summed E-state index contributed by atoms with van der Waals surface area (Å²) >= 11 is 0. The topological polar surface area (TPSA) is 64.9 Å². The first-order valence-corrected chi connectivity index (χ1v) is 7.79. The second kappa shape index (κ2) is 5.52. The highest BCUT2D eigenvalue weighted by molar-refractivity contribution is 5.95. The van der Waals surface area contributed by atoms with Crippen LogP contribution in [0.4, 0.5) is 10.5 Å². The Hall–Kier alpha value is -2.09. The Kier molecular flexibility index (Phi) is 3.79. The first-order valence-electron chi connectivity index (χ1n) is 7.79. The average molecular weight is 320 g/mol. The van der Waals surface area contributed by atoms with Crippen molar-refractivity contribution in [1.82, 2.24) is 24.5 Å². The number of hydrogen-bond acceptors (Lipinski definition) is 4. The van der Waals surface area contributed by atoms with Gasteiger partial charge < -0.3 is 14.7 Å². The predicted octanol–water partition coefficient (Wildman–Crippen LogP) is -0.175. The summed E-state index contributed by atoms with van der Waals surface area (Å²) in [5.41, 5.74) is 0.637. The van der Waals surface area contributed by atoms with Crippen LogP contribution >= 0.6 is 0 Å². The number of rotatable bonds is 1. The Morgan fingerprint density at radius 1 is 1.30 bits per heavy atom. The molecule has 2 aliphatic heterocycles. The summed E-state index contributed by atoms with van der Waals surface area (Å²) in [7, 11) is 7.35. The Morgan fingerprint density at radius 3 is 2.65 bits per heavy atom. The van der Waals surface area contributed by atoms with E-state index in [0.717, 1.165) is 18.7 Å². The maximum atomic E-state index is 12.4. The highest BCUT2D eigenvalue weighted by Crippen LogP contribution is 2.33. The molecule has 0 aromatic carbocycles. The van der Waals surface area contributed by atoms with Crippen LogP contribution < -0.4 is 4.90 Å². The highest BCUT2D eigenvalue weighted by atomic mass is 16.2. The zero-order chi connectivity index (χ0) is 16.8. The largest absolute Gasteiger partial charge is 0.331 e. The van der Waals surface area contributed by atoms with Crippen LogP contribution in [0.15, 0.2) is 12.4 Å². The molecule has 126 valence electrons. The number of aromatic nitrogens is 2. The third-order valence-electron chi connectivity index (χ3n) is 4.92. The number of carbonyl (C=O) groups excluding carboxylic acids is 2. The minimum absolute atomic E-state index is 0.0279. The monoisotopic (exact) mass is 320 g/mol. The van der Waals surface area contributed by atoms with Crippen molar-refractivity contribution < 1.29 is 9.59 Å². The molecule has 1 atom stereocenters. The molecule has 1 spiro atoms. The quantitative estimate of drug-likeness (QED) is 0.720. The lowest BCUT2D eigenvalue weighted by Crippen LogP contribution is -2.64. The standard InChI is InChI=1S/C15H24N6O2/c1-17(2)14(23)20-6-5-15(10-20)11-21(13(22)9-18(15)3)12-7-16-19(4)8-12/h7-8H,5-6,9-11H2,1-4H3. The summed E-state index contributed by atoms with van der Waals surface area (Å²) in [6.07, 6.45) is 4.44. The summed E-state index contributed by atoms with van der Waals surface area (Å²) in [4.78, 5) is 32.0. The molecule has 1 aromatic rings. The smallest absolute Gasteiger partial charge is 0.319 e. The van der Waals surface area contributed by atoms with Crippen LogP contribution in [0.3, 0.4) is 0 Å². The Balaban J connectivity index is 1.82. The molecule has 0 aliphatic carbocycles. The van der Waals surface area contributed by atoms with Gasteiger partial charge in [0.15, 0.2) is 0 Å². The molecule has 0 N–H and O–H groups in total. The van der Waals surface area contributed by atoms with Crippen LogP contribution in [0.5, 0.6) is 0 Å². The Bertz CT molecular complexity index is 627. The van der Waals surface area contributed by atoms with Gasteiger partial charge in [-0.05, 0) is 13.5 Å². The van der Waals surface area contributed by atoms with Crippen LogP contribution in [-0.4, -0.2) is 89.3 Å². The van der Waals surface area contributed by atoms with Gasteiger partial charge in [0.1, 0.15) is 0 Å². The molecule has 0 saturated carbocycles. The molecule has 1 aromatic heterocycles. The molecular weight excluding hydrogens is 296 g/mol. The number of piperazine rings is 1. The highest BCUT2D eigenvalue weighted by Gasteiger charge is 2.49. The number of carbonyl (C=O) groups is 2. The molecule has 3 amide bonds. The number of nitrogens with zero attached hydrogens (tertiary/aromatic N) is 6. The molecule has 3 rings (SSSR count). The zero-order valence-corrected chi connectivity index (χ0v) is 14.2. The van der Waals surface area contributed by atoms with E-state index in [0.29, 0.717) is 19.6 Å². The molecule has 23 heavy (non-hydrogen) atoms. The van der Waals surface area contributed by atoms with E-state index in [1.165, 1.54) is 0 Å². The molecule has 0 bridgehead atoms. The van der Waals surface area contributed by atoms with Crippen molar-refractivity contribution in [3.63, 3.8) is 0 Å². The molecule has 8 heteroatoms. The average Bonchev–Trinajstić information content (AvgIpc) is 3.10. The van der Waals surface area contributed by atoms with E-state index < -0.39 is 0 Å². The summed E-state index contributed by atoms with van der Waals surface area (Å²) in [5.74, 6) is 0.0727.